The largest absolute Gasteiger partial charge is 0.341 e. The molecule has 34 heavy (non-hydrogen) atoms. The average molecular weight is 578 g/mol. The summed E-state index contributed by atoms with van der Waals surface area (Å²) in [4.78, 5) is 22.7. The molecule has 0 bridgehead atoms. The normalized spacial score (nSPS) is 15.3. The maximum atomic E-state index is 15.1. The van der Waals surface area contributed by atoms with Crippen LogP contribution in [0.3, 0.4) is 0 Å². The van der Waals surface area contributed by atoms with Gasteiger partial charge in [-0.3, -0.25) is 9.89 Å². The summed E-state index contributed by atoms with van der Waals surface area (Å²) in [6.07, 6.45) is 3.23. The third-order valence-electron chi connectivity index (χ3n) is 5.93. The Kier molecular flexibility index (Phi) is 7.31. The Morgan fingerprint density at radius 1 is 1.26 bits per heavy atom. The number of nitrogens with zero attached hydrogens (tertiary/aromatic N) is 4. The first-order valence-corrected chi connectivity index (χ1v) is 12.2. The van der Waals surface area contributed by atoms with E-state index in [-0.39, 0.29) is 23.6 Å². The lowest BCUT2D eigenvalue weighted by Crippen LogP contribution is -2.45. The summed E-state index contributed by atoms with van der Waals surface area (Å²) in [5, 5.41) is 13.2. The summed E-state index contributed by atoms with van der Waals surface area (Å²) < 4.78 is 15.9. The van der Waals surface area contributed by atoms with Crippen LogP contribution in [0.25, 0.3) is 0 Å². The quantitative estimate of drug-likeness (QED) is 0.325. The molecule has 1 saturated heterocycles. The van der Waals surface area contributed by atoms with E-state index in [0.717, 1.165) is 33.2 Å². The molecule has 1 aliphatic heterocycles. The monoisotopic (exact) mass is 578 g/mol. The molecule has 1 atom stereocenters. The van der Waals surface area contributed by atoms with Gasteiger partial charge in [0.05, 0.1) is 15.3 Å². The van der Waals surface area contributed by atoms with Crippen LogP contribution in [0.15, 0.2) is 24.4 Å². The van der Waals surface area contributed by atoms with Crippen LogP contribution in [0.4, 0.5) is 27.7 Å². The number of hydrogen-bond donors (Lipinski definition) is 4. The number of anilines is 4. The lowest BCUT2D eigenvalue weighted by Gasteiger charge is -2.34. The number of carbonyl (C=O) groups is 1. The van der Waals surface area contributed by atoms with Gasteiger partial charge in [-0.05, 0) is 85.4 Å². The van der Waals surface area contributed by atoms with Gasteiger partial charge in [0.2, 0.25) is 11.9 Å². The predicted octanol–water partition coefficient (Wildman–Crippen LogP) is 4.10. The Balaban J connectivity index is 1.48. The van der Waals surface area contributed by atoms with Gasteiger partial charge in [-0.15, -0.1) is 0 Å². The number of H-pyrrole nitrogens is 1. The van der Waals surface area contributed by atoms with Crippen molar-refractivity contribution in [2.24, 2.45) is 5.73 Å². The summed E-state index contributed by atoms with van der Waals surface area (Å²) in [5.74, 6) is 1.29. The van der Waals surface area contributed by atoms with Gasteiger partial charge in [0, 0.05) is 31.0 Å². The number of benzene rings is 1. The smallest absolute Gasteiger partial charge is 0.239 e. The van der Waals surface area contributed by atoms with E-state index in [4.69, 9.17) is 5.73 Å². The molecule has 1 fully saturated rings. The van der Waals surface area contributed by atoms with Crippen LogP contribution in [0.2, 0.25) is 0 Å². The van der Waals surface area contributed by atoms with E-state index in [1.807, 2.05) is 19.9 Å². The molecule has 0 spiro atoms. The van der Waals surface area contributed by atoms with Crippen LogP contribution >= 0.6 is 22.6 Å². The van der Waals surface area contributed by atoms with Crippen molar-refractivity contribution in [3.8, 4) is 0 Å². The highest BCUT2D eigenvalue weighted by atomic mass is 127. The molecule has 0 saturated carbocycles. The van der Waals surface area contributed by atoms with Gasteiger partial charge in [-0.2, -0.15) is 10.1 Å². The zero-order valence-electron chi connectivity index (χ0n) is 19.3. The van der Waals surface area contributed by atoms with Crippen molar-refractivity contribution in [1.29, 1.82) is 0 Å². The maximum Gasteiger partial charge on any atom is 0.239 e. The van der Waals surface area contributed by atoms with E-state index in [2.05, 4.69) is 53.4 Å². The molecule has 3 aromatic rings. The van der Waals surface area contributed by atoms with E-state index in [9.17, 15) is 4.79 Å². The van der Waals surface area contributed by atoms with Gasteiger partial charge in [0.1, 0.15) is 5.82 Å². The minimum Gasteiger partial charge on any atom is -0.341 e. The summed E-state index contributed by atoms with van der Waals surface area (Å²) in [7, 11) is 0. The number of hydrogen-bond acceptors (Lipinski definition) is 7. The molecule has 0 aliphatic carbocycles. The number of likely N-dealkylation sites (tertiary alicyclic amines) is 1. The lowest BCUT2D eigenvalue weighted by molar-refractivity contribution is -0.133. The molecule has 1 unspecified atom stereocenters. The molecule has 1 aliphatic rings. The fourth-order valence-electron chi connectivity index (χ4n) is 4.17. The number of amides is 1. The van der Waals surface area contributed by atoms with Crippen LogP contribution in [-0.2, 0) is 4.79 Å². The van der Waals surface area contributed by atoms with E-state index in [1.165, 1.54) is 0 Å². The Morgan fingerprint density at radius 2 is 2.00 bits per heavy atom. The zero-order valence-corrected chi connectivity index (χ0v) is 21.5. The number of aromatic nitrogens is 4. The fraction of sp³-hybridized carbons (Fsp3) is 0.391. The highest BCUT2D eigenvalue weighted by molar-refractivity contribution is 14.1. The Labute approximate surface area is 211 Å². The van der Waals surface area contributed by atoms with Crippen molar-refractivity contribution >= 4 is 51.8 Å². The molecule has 1 amide bonds. The molecule has 5 N–H and O–H groups in total. The van der Waals surface area contributed by atoms with E-state index in [0.29, 0.717) is 30.4 Å². The number of halogens is 2. The van der Waals surface area contributed by atoms with Crippen LogP contribution in [0.5, 0.6) is 0 Å². The third-order valence-corrected chi connectivity index (χ3v) is 6.72. The molecule has 4 rings (SSSR count). The second-order valence-electron chi connectivity index (χ2n) is 8.65. The Bertz CT molecular complexity index is 1190. The predicted molar refractivity (Wildman–Crippen MR) is 138 cm³/mol. The first-order valence-electron chi connectivity index (χ1n) is 11.1. The van der Waals surface area contributed by atoms with Crippen molar-refractivity contribution < 1.29 is 9.18 Å². The lowest BCUT2D eigenvalue weighted by atomic mass is 9.86. The molecular formula is C23H28FIN8O. The summed E-state index contributed by atoms with van der Waals surface area (Å²) in [5.41, 5.74) is 8.92. The van der Waals surface area contributed by atoms with Crippen molar-refractivity contribution in [3.05, 3.63) is 50.6 Å². The number of aromatic amines is 1. The Hall–Kier alpha value is -2.80. The van der Waals surface area contributed by atoms with Gasteiger partial charge in [-0.1, -0.05) is 0 Å². The Morgan fingerprint density at radius 3 is 2.65 bits per heavy atom. The summed E-state index contributed by atoms with van der Waals surface area (Å²) >= 11 is 2.13. The second-order valence-corrected chi connectivity index (χ2v) is 9.82. The standard InChI is InChI=1S/C23H28FIN8O/c1-12-8-19(17(24)10-16(12)15-4-6-33(7-5-15)22(34)14(3)26)28-23-27-11-18(25)21(30-23)29-20-9-13(2)31-32-20/h8-11,14-15H,4-7,26H2,1-3H3,(H3,27,28,29,30,31,32). The van der Waals surface area contributed by atoms with Crippen LogP contribution < -0.4 is 16.4 Å². The van der Waals surface area contributed by atoms with Crippen molar-refractivity contribution in [1.82, 2.24) is 25.1 Å². The molecule has 0 radical (unpaired) electrons. The number of nitrogens with two attached hydrogens (primary N) is 1. The van der Waals surface area contributed by atoms with Crippen molar-refractivity contribution in [3.63, 3.8) is 0 Å². The van der Waals surface area contributed by atoms with Gasteiger partial charge < -0.3 is 21.3 Å². The molecular weight excluding hydrogens is 550 g/mol. The van der Waals surface area contributed by atoms with E-state index in [1.54, 1.807) is 30.2 Å². The molecule has 11 heteroatoms. The minimum atomic E-state index is -0.497. The van der Waals surface area contributed by atoms with Gasteiger partial charge in [0.25, 0.3) is 0 Å². The van der Waals surface area contributed by atoms with Gasteiger partial charge >= 0.3 is 0 Å². The first kappa shape index (κ1) is 24.3. The topological polar surface area (TPSA) is 125 Å². The van der Waals surface area contributed by atoms with Gasteiger partial charge in [0.15, 0.2) is 11.6 Å². The van der Waals surface area contributed by atoms with Crippen LogP contribution in [0.1, 0.15) is 42.5 Å². The number of nitrogens with one attached hydrogen (secondary N) is 3. The van der Waals surface area contributed by atoms with Crippen molar-refractivity contribution in [2.45, 2.75) is 45.6 Å². The number of piperidine rings is 1. The molecule has 2 aromatic heterocycles. The molecule has 9 nitrogen and oxygen atoms in total. The van der Waals surface area contributed by atoms with Crippen LogP contribution in [0, 0.1) is 23.2 Å². The first-order chi connectivity index (χ1) is 16.2. The van der Waals surface area contributed by atoms with Crippen LogP contribution in [-0.4, -0.2) is 50.1 Å². The summed E-state index contributed by atoms with van der Waals surface area (Å²) in [6.45, 7) is 6.85. The molecule has 1 aromatic carbocycles. The van der Waals surface area contributed by atoms with E-state index >= 15 is 4.39 Å². The molecule has 3 heterocycles. The SMILES string of the molecule is Cc1cc(Nc2nc(Nc3cc(C)c(C4CCN(C(=O)C(C)N)CC4)cc3F)ncc2I)n[nH]1. The number of rotatable bonds is 6. The molecule has 180 valence electrons. The fourth-order valence-corrected chi connectivity index (χ4v) is 4.56. The van der Waals surface area contributed by atoms with E-state index < -0.39 is 6.04 Å². The highest BCUT2D eigenvalue weighted by Crippen LogP contribution is 2.34. The van der Waals surface area contributed by atoms with Gasteiger partial charge in [-0.25, -0.2) is 9.37 Å². The third kappa shape index (κ3) is 5.46. The number of aryl methyl sites for hydroxylation is 2. The highest BCUT2D eigenvalue weighted by Gasteiger charge is 2.27. The zero-order chi connectivity index (χ0) is 24.4. The van der Waals surface area contributed by atoms with Crippen molar-refractivity contribution in [2.75, 3.05) is 23.7 Å². The minimum absolute atomic E-state index is 0.0327. The average Bonchev–Trinajstić information content (AvgIpc) is 3.22. The maximum absolute atomic E-state index is 15.1. The second kappa shape index (κ2) is 10.2. The number of carbonyl (C=O) groups excluding carboxylic acids is 1. The summed E-state index contributed by atoms with van der Waals surface area (Å²) in [6, 6.07) is 4.74.